The van der Waals surface area contributed by atoms with Crippen LogP contribution in [0.4, 0.5) is 0 Å². The summed E-state index contributed by atoms with van der Waals surface area (Å²) in [5.41, 5.74) is 3.48. The van der Waals surface area contributed by atoms with E-state index < -0.39 is 0 Å². The summed E-state index contributed by atoms with van der Waals surface area (Å²) in [5.74, 6) is 0. The molecule has 0 aliphatic carbocycles. The molecular weight excluding hydrogens is 268 g/mol. The molecule has 0 saturated heterocycles. The molecule has 0 aromatic carbocycles. The molecule has 0 aliphatic rings. The Kier molecular flexibility index (Phi) is 3.80. The first kappa shape index (κ1) is 13.3. The van der Waals surface area contributed by atoms with Crippen LogP contribution in [0.5, 0.6) is 0 Å². The zero-order valence-electron chi connectivity index (χ0n) is 11.8. The van der Waals surface area contributed by atoms with Crippen LogP contribution in [0.15, 0.2) is 29.9 Å². The van der Waals surface area contributed by atoms with Gasteiger partial charge in [0, 0.05) is 23.0 Å². The first-order chi connectivity index (χ1) is 9.78. The normalized spacial score (nSPS) is 11.3. The van der Waals surface area contributed by atoms with Crippen molar-refractivity contribution in [2.24, 2.45) is 0 Å². The maximum absolute atomic E-state index is 4.57. The van der Waals surface area contributed by atoms with Crippen LogP contribution in [0, 0.1) is 6.92 Å². The van der Waals surface area contributed by atoms with Crippen molar-refractivity contribution in [1.82, 2.24) is 20.1 Å². The summed E-state index contributed by atoms with van der Waals surface area (Å²) < 4.78 is 1.98. The van der Waals surface area contributed by atoms with E-state index in [2.05, 4.69) is 46.8 Å². The van der Waals surface area contributed by atoms with Crippen LogP contribution in [-0.2, 0) is 13.1 Å². The Balaban J connectivity index is 1.88. The van der Waals surface area contributed by atoms with Crippen LogP contribution in [-0.4, -0.2) is 21.3 Å². The molecule has 3 heterocycles. The van der Waals surface area contributed by atoms with Gasteiger partial charge in [0.1, 0.15) is 0 Å². The molecule has 0 saturated carbocycles. The number of hydrogen-bond donors (Lipinski definition) is 1. The summed E-state index contributed by atoms with van der Waals surface area (Å²) in [6.45, 7) is 6.86. The highest BCUT2D eigenvalue weighted by Crippen LogP contribution is 2.19. The molecule has 0 amide bonds. The minimum Gasteiger partial charge on any atom is -0.313 e. The zero-order valence-corrected chi connectivity index (χ0v) is 12.6. The average Bonchev–Trinajstić information content (AvgIpc) is 3.04. The standard InChI is InChI=1S/C15H18N4S/c1-3-16-7-12-6-13-9-18-19(15(13)17-8-12)10-14-11(2)4-5-20-14/h4-6,8-9,16H,3,7,10H2,1-2H3. The van der Waals surface area contributed by atoms with Gasteiger partial charge in [-0.15, -0.1) is 11.3 Å². The van der Waals surface area contributed by atoms with Crippen LogP contribution >= 0.6 is 11.3 Å². The zero-order chi connectivity index (χ0) is 13.9. The molecule has 104 valence electrons. The Morgan fingerprint density at radius 1 is 1.35 bits per heavy atom. The van der Waals surface area contributed by atoms with Crippen molar-refractivity contribution in [2.75, 3.05) is 6.54 Å². The summed E-state index contributed by atoms with van der Waals surface area (Å²) in [7, 11) is 0. The lowest BCUT2D eigenvalue weighted by Crippen LogP contribution is -2.11. The van der Waals surface area contributed by atoms with Gasteiger partial charge in [0.15, 0.2) is 5.65 Å². The third-order valence-electron chi connectivity index (χ3n) is 3.37. The van der Waals surface area contributed by atoms with E-state index in [0.29, 0.717) is 0 Å². The number of nitrogens with zero attached hydrogens (tertiary/aromatic N) is 3. The Labute approximate surface area is 122 Å². The quantitative estimate of drug-likeness (QED) is 0.784. The molecular formula is C15H18N4S. The maximum atomic E-state index is 4.57. The topological polar surface area (TPSA) is 42.7 Å². The van der Waals surface area contributed by atoms with E-state index in [4.69, 9.17) is 0 Å². The van der Waals surface area contributed by atoms with E-state index in [9.17, 15) is 0 Å². The highest BCUT2D eigenvalue weighted by atomic mass is 32.1. The number of pyridine rings is 1. The van der Waals surface area contributed by atoms with Crippen molar-refractivity contribution >= 4 is 22.4 Å². The number of thiophene rings is 1. The SMILES string of the molecule is CCNCc1cnc2c(cnn2Cc2sccc2C)c1. The molecule has 0 radical (unpaired) electrons. The summed E-state index contributed by atoms with van der Waals surface area (Å²) in [4.78, 5) is 5.91. The molecule has 0 bridgehead atoms. The fraction of sp³-hybridized carbons (Fsp3) is 0.333. The number of aromatic nitrogens is 3. The van der Waals surface area contributed by atoms with Gasteiger partial charge in [-0.2, -0.15) is 5.10 Å². The molecule has 4 nitrogen and oxygen atoms in total. The Hall–Kier alpha value is -1.72. The van der Waals surface area contributed by atoms with Crippen molar-refractivity contribution in [1.29, 1.82) is 0 Å². The van der Waals surface area contributed by atoms with Gasteiger partial charge in [0.05, 0.1) is 12.7 Å². The third-order valence-corrected chi connectivity index (χ3v) is 4.38. The van der Waals surface area contributed by atoms with Gasteiger partial charge < -0.3 is 5.32 Å². The summed E-state index contributed by atoms with van der Waals surface area (Å²) in [5, 5.41) is 11.0. The lowest BCUT2D eigenvalue weighted by molar-refractivity contribution is 0.707. The molecule has 5 heteroatoms. The van der Waals surface area contributed by atoms with Crippen LogP contribution in [0.2, 0.25) is 0 Å². The summed E-state index contributed by atoms with van der Waals surface area (Å²) in [6.07, 6.45) is 3.84. The highest BCUT2D eigenvalue weighted by molar-refractivity contribution is 7.10. The number of fused-ring (bicyclic) bond motifs is 1. The second-order valence-corrected chi connectivity index (χ2v) is 5.87. The molecule has 0 fully saturated rings. The van der Waals surface area contributed by atoms with Crippen LogP contribution in [0.25, 0.3) is 11.0 Å². The first-order valence-electron chi connectivity index (χ1n) is 6.82. The third kappa shape index (κ3) is 2.59. The minimum absolute atomic E-state index is 0.798. The fourth-order valence-electron chi connectivity index (χ4n) is 2.20. The predicted octanol–water partition coefficient (Wildman–Crippen LogP) is 2.96. The van der Waals surface area contributed by atoms with E-state index >= 15 is 0 Å². The molecule has 0 atom stereocenters. The number of aryl methyl sites for hydroxylation is 1. The minimum atomic E-state index is 0.798. The monoisotopic (exact) mass is 286 g/mol. The fourth-order valence-corrected chi connectivity index (χ4v) is 3.09. The molecule has 3 rings (SSSR count). The van der Waals surface area contributed by atoms with E-state index in [1.165, 1.54) is 16.0 Å². The highest BCUT2D eigenvalue weighted by Gasteiger charge is 2.08. The van der Waals surface area contributed by atoms with Crippen molar-refractivity contribution in [3.05, 3.63) is 45.9 Å². The molecule has 3 aromatic rings. The smallest absolute Gasteiger partial charge is 0.158 e. The molecule has 0 unspecified atom stereocenters. The van der Waals surface area contributed by atoms with Crippen molar-refractivity contribution in [2.45, 2.75) is 26.9 Å². The predicted molar refractivity (Wildman–Crippen MR) is 83.1 cm³/mol. The molecule has 0 spiro atoms. The molecule has 0 aliphatic heterocycles. The lowest BCUT2D eigenvalue weighted by Gasteiger charge is -2.04. The van der Waals surface area contributed by atoms with Gasteiger partial charge in [-0.05, 0) is 42.1 Å². The molecule has 1 N–H and O–H groups in total. The van der Waals surface area contributed by atoms with Gasteiger partial charge in [0.2, 0.25) is 0 Å². The summed E-state index contributed by atoms with van der Waals surface area (Å²) >= 11 is 1.77. The average molecular weight is 286 g/mol. The number of hydrogen-bond acceptors (Lipinski definition) is 4. The largest absolute Gasteiger partial charge is 0.313 e. The molecule has 3 aromatic heterocycles. The number of nitrogens with one attached hydrogen (secondary N) is 1. The van der Waals surface area contributed by atoms with E-state index in [0.717, 1.165) is 30.7 Å². The van der Waals surface area contributed by atoms with E-state index in [-0.39, 0.29) is 0 Å². The molecule has 20 heavy (non-hydrogen) atoms. The lowest BCUT2D eigenvalue weighted by atomic mass is 10.2. The van der Waals surface area contributed by atoms with Crippen LogP contribution in [0.1, 0.15) is 22.9 Å². The van der Waals surface area contributed by atoms with Gasteiger partial charge in [-0.1, -0.05) is 6.92 Å². The van der Waals surface area contributed by atoms with Crippen molar-refractivity contribution in [3.8, 4) is 0 Å². The second kappa shape index (κ2) is 5.73. The van der Waals surface area contributed by atoms with Gasteiger partial charge in [-0.3, -0.25) is 0 Å². The summed E-state index contributed by atoms with van der Waals surface area (Å²) in [6, 6.07) is 4.31. The van der Waals surface area contributed by atoms with E-state index in [1.807, 2.05) is 17.1 Å². The maximum Gasteiger partial charge on any atom is 0.158 e. The second-order valence-electron chi connectivity index (χ2n) is 4.87. The van der Waals surface area contributed by atoms with Gasteiger partial charge >= 0.3 is 0 Å². The first-order valence-corrected chi connectivity index (χ1v) is 7.70. The van der Waals surface area contributed by atoms with Gasteiger partial charge in [0.25, 0.3) is 0 Å². The van der Waals surface area contributed by atoms with Crippen LogP contribution in [0.3, 0.4) is 0 Å². The Bertz CT molecular complexity index is 714. The number of rotatable bonds is 5. The van der Waals surface area contributed by atoms with Crippen molar-refractivity contribution < 1.29 is 0 Å². The van der Waals surface area contributed by atoms with E-state index in [1.54, 1.807) is 11.3 Å². The van der Waals surface area contributed by atoms with Crippen LogP contribution < -0.4 is 5.32 Å². The Morgan fingerprint density at radius 3 is 3.00 bits per heavy atom. The van der Waals surface area contributed by atoms with Crippen molar-refractivity contribution in [3.63, 3.8) is 0 Å². The Morgan fingerprint density at radius 2 is 2.25 bits per heavy atom. The van der Waals surface area contributed by atoms with Gasteiger partial charge in [-0.25, -0.2) is 9.67 Å².